The zero-order chi connectivity index (χ0) is 9.42. The third-order valence-electron chi connectivity index (χ3n) is 1.95. The molecule has 1 aliphatic heterocycles. The normalized spacial score (nSPS) is 14.2. The molecular formula is C8H7BN3O. The Bertz CT molecular complexity index is 402. The monoisotopic (exact) mass is 172 g/mol. The second kappa shape index (κ2) is 2.76. The summed E-state index contributed by atoms with van der Waals surface area (Å²) in [6.45, 7) is 1.97. The number of nitrogens with one attached hydrogen (secondary N) is 1. The third kappa shape index (κ3) is 1.16. The van der Waals surface area contributed by atoms with Gasteiger partial charge in [0.05, 0.1) is 0 Å². The van der Waals surface area contributed by atoms with Gasteiger partial charge >= 0.3 is 75.7 Å². The fourth-order valence-electron chi connectivity index (χ4n) is 1.20. The second-order valence-electron chi connectivity index (χ2n) is 2.82. The van der Waals surface area contributed by atoms with E-state index in [0.717, 1.165) is 12.1 Å². The van der Waals surface area contributed by atoms with Gasteiger partial charge in [-0.2, -0.15) is 0 Å². The molecule has 1 amide bonds. The van der Waals surface area contributed by atoms with Crippen molar-refractivity contribution in [2.24, 2.45) is 0 Å². The van der Waals surface area contributed by atoms with Crippen LogP contribution >= 0.6 is 0 Å². The Labute approximate surface area is 76.4 Å². The van der Waals surface area contributed by atoms with Crippen molar-refractivity contribution < 1.29 is 4.79 Å². The predicted octanol–water partition coefficient (Wildman–Crippen LogP) is -0.320. The van der Waals surface area contributed by atoms with E-state index in [4.69, 9.17) is 7.49 Å². The summed E-state index contributed by atoms with van der Waals surface area (Å²) in [7, 11) is 5.48. The van der Waals surface area contributed by atoms with Crippen LogP contribution in [0.5, 0.6) is 0 Å². The Balaban J connectivity index is 2.52. The summed E-state index contributed by atoms with van der Waals surface area (Å²) in [6.07, 6.45) is 0.788. The van der Waals surface area contributed by atoms with Gasteiger partial charge in [0.25, 0.3) is 0 Å². The number of anilines is 1. The fraction of sp³-hybridized carbons (Fsp3) is 0.250. The van der Waals surface area contributed by atoms with Gasteiger partial charge in [-0.1, -0.05) is 0 Å². The van der Waals surface area contributed by atoms with Crippen molar-refractivity contribution in [3.63, 3.8) is 0 Å². The first-order chi connectivity index (χ1) is 6.22. The van der Waals surface area contributed by atoms with Gasteiger partial charge in [0.2, 0.25) is 0 Å². The molecule has 1 aromatic heterocycles. The zero-order valence-electron chi connectivity index (χ0n) is 7.16. The van der Waals surface area contributed by atoms with Gasteiger partial charge in [0, 0.05) is 0 Å². The van der Waals surface area contributed by atoms with Crippen LogP contribution in [0.1, 0.15) is 18.3 Å². The SMILES string of the molecule is [B]=C1C(=O)Nc2cc(CC)nnc21. The minimum absolute atomic E-state index is 0.144. The van der Waals surface area contributed by atoms with E-state index in [9.17, 15) is 4.79 Å². The fourth-order valence-corrected chi connectivity index (χ4v) is 1.20. The standard InChI is InChI=1S/C8H7BN3O/c1-2-4-3-5-7(12-11-4)6(9)8(13)10-5/h3H,2H2,1H3,(H,10,13). The average molecular weight is 172 g/mol. The van der Waals surface area contributed by atoms with Crippen LogP contribution in [-0.2, 0) is 11.2 Å². The number of hydrogen-bond donors (Lipinski definition) is 1. The molecule has 0 saturated carbocycles. The first-order valence-corrected chi connectivity index (χ1v) is 4.03. The molecular weight excluding hydrogens is 165 g/mol. The van der Waals surface area contributed by atoms with Gasteiger partial charge in [-0.15, -0.1) is 0 Å². The van der Waals surface area contributed by atoms with Crippen molar-refractivity contribution in [2.45, 2.75) is 13.3 Å². The molecule has 2 heterocycles. The van der Waals surface area contributed by atoms with Crippen molar-refractivity contribution in [1.29, 1.82) is 0 Å². The van der Waals surface area contributed by atoms with E-state index in [1.807, 2.05) is 6.92 Å². The van der Waals surface area contributed by atoms with Crippen molar-refractivity contribution in [3.05, 3.63) is 17.5 Å². The minimum atomic E-state index is -0.294. The van der Waals surface area contributed by atoms with E-state index in [1.54, 1.807) is 6.07 Å². The number of hydrogen-bond acceptors (Lipinski definition) is 3. The van der Waals surface area contributed by atoms with Crippen LogP contribution in [0.25, 0.3) is 0 Å². The van der Waals surface area contributed by atoms with Crippen molar-refractivity contribution >= 4 is 24.5 Å². The van der Waals surface area contributed by atoms with E-state index in [-0.39, 0.29) is 11.4 Å². The number of amides is 1. The van der Waals surface area contributed by atoms with Crippen LogP contribution in [-0.4, -0.2) is 29.1 Å². The van der Waals surface area contributed by atoms with E-state index in [0.29, 0.717) is 11.4 Å². The topological polar surface area (TPSA) is 54.9 Å². The Morgan fingerprint density at radius 3 is 3.00 bits per heavy atom. The molecule has 0 bridgehead atoms. The molecule has 0 aliphatic carbocycles. The molecule has 5 heteroatoms. The van der Waals surface area contributed by atoms with Crippen LogP contribution in [0.2, 0.25) is 0 Å². The molecule has 1 aliphatic rings. The van der Waals surface area contributed by atoms with Crippen LogP contribution in [0.15, 0.2) is 6.07 Å². The van der Waals surface area contributed by atoms with Gasteiger partial charge in [-0.3, -0.25) is 0 Å². The van der Waals surface area contributed by atoms with Crippen molar-refractivity contribution in [2.75, 3.05) is 5.32 Å². The number of aromatic nitrogens is 2. The molecule has 63 valence electrons. The van der Waals surface area contributed by atoms with E-state index < -0.39 is 0 Å². The van der Waals surface area contributed by atoms with E-state index in [2.05, 4.69) is 15.5 Å². The van der Waals surface area contributed by atoms with Gasteiger partial charge in [-0.25, -0.2) is 0 Å². The average Bonchev–Trinajstić information content (AvgIpc) is 2.42. The summed E-state index contributed by atoms with van der Waals surface area (Å²) >= 11 is 0. The maximum atomic E-state index is 11.1. The van der Waals surface area contributed by atoms with Gasteiger partial charge in [-0.05, 0) is 0 Å². The Morgan fingerprint density at radius 1 is 1.54 bits per heavy atom. The summed E-state index contributed by atoms with van der Waals surface area (Å²) in [4.78, 5) is 11.1. The van der Waals surface area contributed by atoms with Crippen LogP contribution in [0.3, 0.4) is 0 Å². The molecule has 0 saturated heterocycles. The molecule has 4 nitrogen and oxygen atoms in total. The van der Waals surface area contributed by atoms with Gasteiger partial charge in [0.1, 0.15) is 0 Å². The molecule has 0 spiro atoms. The summed E-state index contributed by atoms with van der Waals surface area (Å²) < 4.78 is 0. The summed E-state index contributed by atoms with van der Waals surface area (Å²) in [5.41, 5.74) is 2.11. The maximum absolute atomic E-state index is 11.1. The quantitative estimate of drug-likeness (QED) is 0.590. The molecule has 13 heavy (non-hydrogen) atoms. The summed E-state index contributed by atoms with van der Waals surface area (Å²) in [5.74, 6) is -0.294. The third-order valence-corrected chi connectivity index (χ3v) is 1.95. The molecule has 0 fully saturated rings. The Kier molecular flexibility index (Phi) is 1.72. The van der Waals surface area contributed by atoms with Crippen molar-refractivity contribution in [1.82, 2.24) is 10.2 Å². The van der Waals surface area contributed by atoms with E-state index in [1.165, 1.54) is 0 Å². The number of nitrogens with zero attached hydrogens (tertiary/aromatic N) is 2. The van der Waals surface area contributed by atoms with Crippen LogP contribution < -0.4 is 5.32 Å². The molecule has 1 N–H and O–H groups in total. The number of rotatable bonds is 1. The van der Waals surface area contributed by atoms with E-state index >= 15 is 0 Å². The molecule has 0 unspecified atom stereocenters. The second-order valence-corrected chi connectivity index (χ2v) is 2.82. The molecule has 1 radical (unpaired) electrons. The summed E-state index contributed by atoms with van der Waals surface area (Å²) in [5, 5.41) is 10.4. The number of carbonyl (C=O) groups is 1. The predicted molar refractivity (Wildman–Crippen MR) is 49.9 cm³/mol. The number of aryl methyl sites for hydroxylation is 1. The van der Waals surface area contributed by atoms with Crippen LogP contribution in [0, 0.1) is 0 Å². The Hall–Kier alpha value is -1.52. The molecule has 0 atom stereocenters. The first-order valence-electron chi connectivity index (χ1n) is 4.03. The van der Waals surface area contributed by atoms with Crippen molar-refractivity contribution in [3.8, 4) is 0 Å². The first kappa shape index (κ1) is 8.10. The number of fused-ring (bicyclic) bond motifs is 1. The number of carbonyl (C=O) groups excluding carboxylic acids is 1. The molecule has 2 rings (SSSR count). The molecule has 0 aromatic carbocycles. The van der Waals surface area contributed by atoms with Gasteiger partial charge in [0.15, 0.2) is 0 Å². The van der Waals surface area contributed by atoms with Gasteiger partial charge < -0.3 is 0 Å². The summed E-state index contributed by atoms with van der Waals surface area (Å²) in [6, 6.07) is 1.79. The van der Waals surface area contributed by atoms with Crippen LogP contribution in [0.4, 0.5) is 5.69 Å². The molecule has 1 aromatic rings. The zero-order valence-corrected chi connectivity index (χ0v) is 7.16. The Morgan fingerprint density at radius 2 is 2.31 bits per heavy atom.